The van der Waals surface area contributed by atoms with Crippen molar-refractivity contribution in [2.75, 3.05) is 29.5 Å². The first kappa shape index (κ1) is 22.1. The Morgan fingerprint density at radius 1 is 1.35 bits per heavy atom. The lowest BCUT2D eigenvalue weighted by atomic mass is 9.69. The fourth-order valence-corrected chi connectivity index (χ4v) is 4.48. The Kier molecular flexibility index (Phi) is 5.20. The molecule has 1 saturated carbocycles. The minimum atomic E-state index is -0.838. The number of ether oxygens (including phenoxy) is 2. The first-order chi connectivity index (χ1) is 16.2. The van der Waals surface area contributed by atoms with Gasteiger partial charge in [-0.15, -0.1) is 0 Å². The number of aromatic nitrogens is 2. The first-order valence-corrected chi connectivity index (χ1v) is 11.1. The van der Waals surface area contributed by atoms with Gasteiger partial charge in [0.25, 0.3) is 0 Å². The summed E-state index contributed by atoms with van der Waals surface area (Å²) in [5.74, 6) is -0.00904. The largest absolute Gasteiger partial charge is 0.474 e. The van der Waals surface area contributed by atoms with Gasteiger partial charge in [-0.1, -0.05) is 6.92 Å². The molecule has 178 valence electrons. The van der Waals surface area contributed by atoms with E-state index in [-0.39, 0.29) is 29.1 Å². The first-order valence-electron chi connectivity index (χ1n) is 11.1. The summed E-state index contributed by atoms with van der Waals surface area (Å²) in [6, 6.07) is 3.27. The van der Waals surface area contributed by atoms with Gasteiger partial charge in [-0.2, -0.15) is 0 Å². The van der Waals surface area contributed by atoms with E-state index in [1.807, 2.05) is 13.8 Å². The highest BCUT2D eigenvalue weighted by atomic mass is 19.1. The molecule has 0 saturated heterocycles. The van der Waals surface area contributed by atoms with E-state index in [1.165, 1.54) is 6.20 Å². The average molecular weight is 468 g/mol. The lowest BCUT2D eigenvalue weighted by Gasteiger charge is -2.46. The highest BCUT2D eigenvalue weighted by Gasteiger charge is 2.49. The van der Waals surface area contributed by atoms with Crippen LogP contribution in [0.2, 0.25) is 0 Å². The van der Waals surface area contributed by atoms with Gasteiger partial charge in [0, 0.05) is 47.8 Å². The van der Waals surface area contributed by atoms with Gasteiger partial charge in [0.05, 0.1) is 11.3 Å². The van der Waals surface area contributed by atoms with Crippen molar-refractivity contribution in [2.24, 2.45) is 5.92 Å². The number of nitrogens with zero attached hydrogens (tertiary/aromatic N) is 2. The molecular formula is C24H26FN5O4. The number of pyridine rings is 2. The van der Waals surface area contributed by atoms with Crippen molar-refractivity contribution >= 4 is 34.1 Å². The second-order valence-corrected chi connectivity index (χ2v) is 9.11. The van der Waals surface area contributed by atoms with Crippen LogP contribution in [0, 0.1) is 18.7 Å². The van der Waals surface area contributed by atoms with E-state index in [0.717, 1.165) is 11.3 Å². The van der Waals surface area contributed by atoms with Crippen molar-refractivity contribution in [2.45, 2.75) is 38.9 Å². The number of hydrogen-bond donors (Lipinski definition) is 4. The maximum absolute atomic E-state index is 15.3. The zero-order valence-electron chi connectivity index (χ0n) is 19.1. The number of halogens is 1. The number of carbonyl (C=O) groups is 1. The summed E-state index contributed by atoms with van der Waals surface area (Å²) in [4.78, 5) is 20.8. The number of hydrogen-bond acceptors (Lipinski definition) is 8. The maximum atomic E-state index is 15.3. The third-order valence-electron chi connectivity index (χ3n) is 6.88. The Balaban J connectivity index is 1.45. The summed E-state index contributed by atoms with van der Waals surface area (Å²) in [5.41, 5.74) is 7.63. The fraction of sp³-hybridized carbons (Fsp3) is 0.375. The third kappa shape index (κ3) is 3.63. The Hall–Kier alpha value is -3.66. The predicted molar refractivity (Wildman–Crippen MR) is 126 cm³/mol. The van der Waals surface area contributed by atoms with Gasteiger partial charge >= 0.3 is 6.09 Å². The molecule has 1 fully saturated rings. The second-order valence-electron chi connectivity index (χ2n) is 9.11. The maximum Gasteiger partial charge on any atom is 0.413 e. The van der Waals surface area contributed by atoms with Gasteiger partial charge < -0.3 is 25.6 Å². The summed E-state index contributed by atoms with van der Waals surface area (Å²) < 4.78 is 26.2. The van der Waals surface area contributed by atoms with Crippen LogP contribution in [0.1, 0.15) is 25.8 Å². The molecule has 1 aliphatic carbocycles. The van der Waals surface area contributed by atoms with Crippen LogP contribution in [0.5, 0.6) is 5.88 Å². The van der Waals surface area contributed by atoms with Crippen molar-refractivity contribution in [1.82, 2.24) is 9.97 Å². The Labute approximate surface area is 195 Å². The molecule has 1 amide bonds. The molecule has 10 heteroatoms. The number of carbonyl (C=O) groups excluding carboxylic acids is 1. The number of benzene rings is 1. The van der Waals surface area contributed by atoms with Gasteiger partial charge in [-0.3, -0.25) is 5.32 Å². The van der Waals surface area contributed by atoms with E-state index in [1.54, 1.807) is 25.3 Å². The number of fused-ring (bicyclic) bond motifs is 2. The molecule has 2 aliphatic rings. The van der Waals surface area contributed by atoms with Gasteiger partial charge in [0.1, 0.15) is 24.2 Å². The molecule has 0 radical (unpaired) electrons. The molecule has 0 spiro atoms. The number of rotatable bonds is 3. The van der Waals surface area contributed by atoms with Crippen LogP contribution in [0.3, 0.4) is 0 Å². The van der Waals surface area contributed by atoms with Gasteiger partial charge in [-0.25, -0.2) is 19.2 Å². The standard InChI is InChI=1S/C24H26FN5O4/c1-11-15(9-29-22-21(11)27-4-5-33-22)14-6-13-7-18(28-10-16(13)20(26)19(14)25)30-23(31)34-17-8-24(3,32)12(17)2/h6-7,9-10,12,17,27,32H,4-5,8,26H2,1-3H3,(H,28,30,31). The topological polar surface area (TPSA) is 132 Å². The number of nitrogens with one attached hydrogen (secondary N) is 2. The minimum Gasteiger partial charge on any atom is -0.474 e. The van der Waals surface area contributed by atoms with Crippen LogP contribution in [0.25, 0.3) is 21.9 Å². The van der Waals surface area contributed by atoms with Crippen LogP contribution in [-0.2, 0) is 4.74 Å². The molecule has 3 unspecified atom stereocenters. The number of aliphatic hydroxyl groups is 1. The van der Waals surface area contributed by atoms with Crippen molar-refractivity contribution in [3.8, 4) is 17.0 Å². The molecule has 1 aliphatic heterocycles. The van der Waals surface area contributed by atoms with Crippen molar-refractivity contribution in [3.05, 3.63) is 35.9 Å². The highest BCUT2D eigenvalue weighted by Crippen LogP contribution is 2.41. The second kappa shape index (κ2) is 7.98. The summed E-state index contributed by atoms with van der Waals surface area (Å²) in [6.07, 6.45) is 2.31. The van der Waals surface area contributed by atoms with E-state index in [2.05, 4.69) is 20.6 Å². The Bertz CT molecular complexity index is 1310. The molecule has 5 rings (SSSR count). The molecule has 34 heavy (non-hydrogen) atoms. The number of nitrogen functional groups attached to an aromatic ring is 1. The van der Waals surface area contributed by atoms with Gasteiger partial charge in [0.2, 0.25) is 5.88 Å². The predicted octanol–water partition coefficient (Wildman–Crippen LogP) is 3.84. The zero-order chi connectivity index (χ0) is 24.2. The van der Waals surface area contributed by atoms with Crippen LogP contribution < -0.4 is 21.1 Å². The van der Waals surface area contributed by atoms with Crippen molar-refractivity contribution in [1.29, 1.82) is 0 Å². The smallest absolute Gasteiger partial charge is 0.413 e. The molecular weight excluding hydrogens is 441 g/mol. The molecule has 2 aromatic heterocycles. The summed E-state index contributed by atoms with van der Waals surface area (Å²) in [6.45, 7) is 6.55. The number of anilines is 3. The Morgan fingerprint density at radius 2 is 2.15 bits per heavy atom. The summed E-state index contributed by atoms with van der Waals surface area (Å²) in [7, 11) is 0. The summed E-state index contributed by atoms with van der Waals surface area (Å²) in [5, 5.41) is 16.9. The third-order valence-corrected chi connectivity index (χ3v) is 6.88. The molecule has 5 N–H and O–H groups in total. The van der Waals surface area contributed by atoms with Crippen molar-refractivity contribution < 1.29 is 23.8 Å². The number of amides is 1. The van der Waals surface area contributed by atoms with Crippen LogP contribution in [-0.4, -0.2) is 46.0 Å². The lowest BCUT2D eigenvalue weighted by molar-refractivity contribution is -0.153. The number of nitrogens with two attached hydrogens (primary N) is 1. The Morgan fingerprint density at radius 3 is 2.88 bits per heavy atom. The average Bonchev–Trinajstić information content (AvgIpc) is 2.81. The quantitative estimate of drug-likeness (QED) is 0.427. The van der Waals surface area contributed by atoms with E-state index in [4.69, 9.17) is 15.2 Å². The molecule has 1 aromatic carbocycles. The summed E-state index contributed by atoms with van der Waals surface area (Å²) >= 11 is 0. The van der Waals surface area contributed by atoms with Crippen LogP contribution in [0.4, 0.5) is 26.4 Å². The van der Waals surface area contributed by atoms with Crippen LogP contribution in [0.15, 0.2) is 24.5 Å². The fourth-order valence-electron chi connectivity index (χ4n) is 4.48. The molecule has 9 nitrogen and oxygen atoms in total. The molecule has 3 atom stereocenters. The normalized spacial score (nSPS) is 23.3. The van der Waals surface area contributed by atoms with Gasteiger partial charge in [-0.05, 0) is 36.9 Å². The van der Waals surface area contributed by atoms with E-state index in [9.17, 15) is 9.90 Å². The van der Waals surface area contributed by atoms with E-state index < -0.39 is 17.5 Å². The minimum absolute atomic E-state index is 0.0408. The van der Waals surface area contributed by atoms with Crippen molar-refractivity contribution in [3.63, 3.8) is 0 Å². The monoisotopic (exact) mass is 467 g/mol. The van der Waals surface area contributed by atoms with Gasteiger partial charge in [0.15, 0.2) is 5.82 Å². The zero-order valence-corrected chi connectivity index (χ0v) is 19.1. The van der Waals surface area contributed by atoms with E-state index in [0.29, 0.717) is 41.8 Å². The van der Waals surface area contributed by atoms with E-state index >= 15 is 4.39 Å². The molecule has 3 aromatic rings. The molecule has 0 bridgehead atoms. The molecule has 3 heterocycles. The highest BCUT2D eigenvalue weighted by molar-refractivity contribution is 5.99. The van der Waals surface area contributed by atoms with Crippen LogP contribution >= 0.6 is 0 Å². The lowest BCUT2D eigenvalue weighted by Crippen LogP contribution is -2.55. The SMILES string of the molecule is Cc1c(-c2cc3cc(NC(=O)OC4CC(C)(O)C4C)ncc3c(N)c2F)cnc2c1NCCO2.